The molecule has 2 aliphatic rings. The lowest BCUT2D eigenvalue weighted by molar-refractivity contribution is -0.141. The van der Waals surface area contributed by atoms with Crippen LogP contribution in [0.4, 0.5) is 0 Å². The van der Waals surface area contributed by atoms with Crippen LogP contribution in [0, 0.1) is 5.92 Å². The zero-order valence-electron chi connectivity index (χ0n) is 14.7. The molecule has 5 nitrogen and oxygen atoms in total. The molecule has 4 rings (SSSR count). The van der Waals surface area contributed by atoms with Crippen LogP contribution in [0.5, 0.6) is 0 Å². The molecule has 7 heteroatoms. The van der Waals surface area contributed by atoms with Crippen LogP contribution in [0.3, 0.4) is 0 Å². The summed E-state index contributed by atoms with van der Waals surface area (Å²) in [6, 6.07) is 8.03. The Labute approximate surface area is 165 Å². The topological polar surface area (TPSA) is 70.0 Å². The summed E-state index contributed by atoms with van der Waals surface area (Å²) in [4.78, 5) is 26.0. The van der Waals surface area contributed by atoms with Gasteiger partial charge >= 0.3 is 5.97 Å². The van der Waals surface area contributed by atoms with E-state index in [-0.39, 0.29) is 30.7 Å². The van der Waals surface area contributed by atoms with Gasteiger partial charge in [-0.05, 0) is 53.8 Å². The van der Waals surface area contributed by atoms with Crippen LogP contribution in [0.1, 0.15) is 47.9 Å². The fourth-order valence-electron chi connectivity index (χ4n) is 3.82. The normalized spacial score (nSPS) is 23.3. The van der Waals surface area contributed by atoms with Crippen molar-refractivity contribution in [3.05, 3.63) is 50.4 Å². The number of carbonyl (C=O) groups excluding carboxylic acids is 1. The summed E-state index contributed by atoms with van der Waals surface area (Å²) in [7, 11) is 0. The Morgan fingerprint density at radius 2 is 2.04 bits per heavy atom. The van der Waals surface area contributed by atoms with Gasteiger partial charge in [0.25, 0.3) is 0 Å². The van der Waals surface area contributed by atoms with E-state index in [0.717, 1.165) is 29.9 Å². The Hall–Kier alpha value is -2.25. The van der Waals surface area contributed by atoms with E-state index < -0.39 is 5.97 Å². The highest BCUT2D eigenvalue weighted by Crippen LogP contribution is 2.45. The fraction of sp³-hybridized carbons (Fsp3) is 0.350. The van der Waals surface area contributed by atoms with Crippen LogP contribution >= 0.6 is 22.7 Å². The molecule has 27 heavy (non-hydrogen) atoms. The largest absolute Gasteiger partial charge is 0.481 e. The van der Waals surface area contributed by atoms with E-state index in [4.69, 9.17) is 10.2 Å². The van der Waals surface area contributed by atoms with Crippen molar-refractivity contribution in [2.24, 2.45) is 11.0 Å². The summed E-state index contributed by atoms with van der Waals surface area (Å²) in [5.74, 6) is -0.996. The number of carboxylic acid groups (broad SMARTS) is 1. The van der Waals surface area contributed by atoms with Crippen molar-refractivity contribution < 1.29 is 14.7 Å². The van der Waals surface area contributed by atoms with Gasteiger partial charge in [-0.15, -0.1) is 22.7 Å². The van der Waals surface area contributed by atoms with Crippen molar-refractivity contribution in [1.29, 1.82) is 0 Å². The molecule has 0 spiro atoms. The van der Waals surface area contributed by atoms with Gasteiger partial charge in [-0.1, -0.05) is 12.1 Å². The maximum Gasteiger partial charge on any atom is 0.303 e. The van der Waals surface area contributed by atoms with Gasteiger partial charge in [0.1, 0.15) is 0 Å². The smallest absolute Gasteiger partial charge is 0.303 e. The number of carbonyl (C=O) groups is 2. The number of nitrogens with zero attached hydrogens (tertiary/aromatic N) is 2. The van der Waals surface area contributed by atoms with Crippen LogP contribution in [0.15, 0.2) is 45.7 Å². The van der Waals surface area contributed by atoms with Gasteiger partial charge in [0, 0.05) is 22.1 Å². The molecule has 1 N–H and O–H groups in total. The standard InChI is InChI=1S/C20H20N2O3S2/c23-17(8-9-18(24)25)22-20(16-7-3-11-27-16)15-6-1-4-13(19(15)21-22)12-14-5-2-10-26-14/h2-3,5,7,10-12,15,20H,1,4,6,8-9H2,(H,24,25)/b13-12-/t15-,20-/m1/s1. The number of hydrogen-bond donors (Lipinski definition) is 1. The second kappa shape index (κ2) is 7.78. The molecule has 2 atom stereocenters. The second-order valence-corrected chi connectivity index (χ2v) is 8.72. The van der Waals surface area contributed by atoms with Crippen molar-refractivity contribution in [3.63, 3.8) is 0 Å². The number of aliphatic carboxylic acids is 1. The molecular formula is C20H20N2O3S2. The van der Waals surface area contributed by atoms with Crippen molar-refractivity contribution in [2.45, 2.75) is 38.1 Å². The van der Waals surface area contributed by atoms with E-state index >= 15 is 0 Å². The minimum Gasteiger partial charge on any atom is -0.481 e. The molecule has 0 bridgehead atoms. The maximum atomic E-state index is 12.8. The fourth-order valence-corrected chi connectivity index (χ4v) is 5.38. The molecular weight excluding hydrogens is 380 g/mol. The first-order valence-electron chi connectivity index (χ1n) is 9.03. The first-order chi connectivity index (χ1) is 13.1. The monoisotopic (exact) mass is 400 g/mol. The van der Waals surface area contributed by atoms with Crippen LogP contribution in [0.25, 0.3) is 6.08 Å². The number of fused-ring (bicyclic) bond motifs is 1. The second-order valence-electron chi connectivity index (χ2n) is 6.76. The summed E-state index contributed by atoms with van der Waals surface area (Å²) in [6.07, 6.45) is 5.02. The Kier molecular flexibility index (Phi) is 5.22. The molecule has 1 amide bonds. The maximum absolute atomic E-state index is 12.8. The molecule has 3 heterocycles. The number of amides is 1. The van der Waals surface area contributed by atoms with Gasteiger partial charge in [-0.3, -0.25) is 9.59 Å². The molecule has 1 aliphatic heterocycles. The van der Waals surface area contributed by atoms with E-state index in [1.54, 1.807) is 27.7 Å². The third-order valence-corrected chi connectivity index (χ3v) is 6.77. The summed E-state index contributed by atoms with van der Waals surface area (Å²) in [5.41, 5.74) is 2.19. The third-order valence-electron chi connectivity index (χ3n) is 5.00. The van der Waals surface area contributed by atoms with Crippen molar-refractivity contribution >= 4 is 46.3 Å². The minimum atomic E-state index is -0.960. The summed E-state index contributed by atoms with van der Waals surface area (Å²) < 4.78 is 0. The zero-order valence-corrected chi connectivity index (χ0v) is 16.3. The number of allylic oxidation sites excluding steroid dienone is 1. The highest BCUT2D eigenvalue weighted by Gasteiger charge is 2.44. The van der Waals surface area contributed by atoms with Gasteiger partial charge < -0.3 is 5.11 Å². The highest BCUT2D eigenvalue weighted by molar-refractivity contribution is 7.11. The van der Waals surface area contributed by atoms with Crippen molar-refractivity contribution in [2.75, 3.05) is 0 Å². The Morgan fingerprint density at radius 1 is 1.22 bits per heavy atom. The van der Waals surface area contributed by atoms with E-state index in [2.05, 4.69) is 17.5 Å². The quantitative estimate of drug-likeness (QED) is 0.784. The molecule has 1 aliphatic carbocycles. The number of rotatable bonds is 5. The van der Waals surface area contributed by atoms with Crippen molar-refractivity contribution in [3.8, 4) is 0 Å². The van der Waals surface area contributed by atoms with Gasteiger partial charge in [-0.2, -0.15) is 5.10 Å². The molecule has 2 aromatic rings. The Bertz CT molecular complexity index is 884. The minimum absolute atomic E-state index is 0.0231. The predicted octanol–water partition coefficient (Wildman–Crippen LogP) is 4.80. The lowest BCUT2D eigenvalue weighted by Crippen LogP contribution is -2.31. The molecule has 2 aromatic heterocycles. The zero-order chi connectivity index (χ0) is 18.8. The molecule has 0 radical (unpaired) electrons. The van der Waals surface area contributed by atoms with Gasteiger partial charge in [0.2, 0.25) is 5.91 Å². The van der Waals surface area contributed by atoms with Crippen LogP contribution in [-0.2, 0) is 9.59 Å². The Morgan fingerprint density at radius 3 is 2.74 bits per heavy atom. The predicted molar refractivity (Wildman–Crippen MR) is 108 cm³/mol. The molecule has 1 fully saturated rings. The highest BCUT2D eigenvalue weighted by atomic mass is 32.1. The third kappa shape index (κ3) is 3.75. The average Bonchev–Trinajstić information content (AvgIpc) is 3.39. The first-order valence-corrected chi connectivity index (χ1v) is 10.8. The van der Waals surface area contributed by atoms with Crippen LogP contribution in [-0.4, -0.2) is 27.7 Å². The molecule has 0 saturated heterocycles. The Balaban J connectivity index is 1.68. The van der Waals surface area contributed by atoms with E-state index in [0.29, 0.717) is 0 Å². The van der Waals surface area contributed by atoms with Crippen LogP contribution in [0.2, 0.25) is 0 Å². The first kappa shape index (κ1) is 18.1. The van der Waals surface area contributed by atoms with Crippen LogP contribution < -0.4 is 0 Å². The van der Waals surface area contributed by atoms with Gasteiger partial charge in [0.05, 0.1) is 18.2 Å². The number of carboxylic acids is 1. The molecule has 1 saturated carbocycles. The molecule has 0 unspecified atom stereocenters. The molecule has 0 aromatic carbocycles. The number of thiophene rings is 2. The van der Waals surface area contributed by atoms with E-state index in [9.17, 15) is 9.59 Å². The lowest BCUT2D eigenvalue weighted by Gasteiger charge is -2.28. The summed E-state index contributed by atoms with van der Waals surface area (Å²) >= 11 is 3.32. The van der Waals surface area contributed by atoms with Gasteiger partial charge in [0.15, 0.2) is 0 Å². The SMILES string of the molecule is O=C(O)CCC(=O)N1N=C2/C(=C\c3cccs3)CCC[C@H]2[C@@H]1c1cccs1. The summed E-state index contributed by atoms with van der Waals surface area (Å²) in [5, 5.41) is 19.3. The van der Waals surface area contributed by atoms with Crippen molar-refractivity contribution in [1.82, 2.24) is 5.01 Å². The van der Waals surface area contributed by atoms with E-state index in [1.165, 1.54) is 10.5 Å². The number of hydrogen-bond acceptors (Lipinski definition) is 5. The number of hydrazone groups is 1. The lowest BCUT2D eigenvalue weighted by atomic mass is 9.79. The van der Waals surface area contributed by atoms with Gasteiger partial charge in [-0.25, -0.2) is 5.01 Å². The summed E-state index contributed by atoms with van der Waals surface area (Å²) in [6.45, 7) is 0. The van der Waals surface area contributed by atoms with E-state index in [1.807, 2.05) is 23.6 Å². The molecule has 140 valence electrons. The average molecular weight is 401 g/mol.